The Morgan fingerprint density at radius 3 is 2.65 bits per heavy atom. The molecule has 3 heterocycles. The molecule has 1 atom stereocenters. The number of morpholine rings is 1. The van der Waals surface area contributed by atoms with E-state index in [1.807, 2.05) is 12.4 Å². The normalized spacial score (nSPS) is 17.1. The fourth-order valence-electron chi connectivity index (χ4n) is 2.76. The van der Waals surface area contributed by atoms with Gasteiger partial charge in [0, 0.05) is 50.5 Å². The second-order valence-corrected chi connectivity index (χ2v) is 5.71. The predicted molar refractivity (Wildman–Crippen MR) is 86.4 cm³/mol. The first kappa shape index (κ1) is 15.9. The molecule has 1 fully saturated rings. The van der Waals surface area contributed by atoms with Crippen LogP contribution in [0.1, 0.15) is 19.4 Å². The van der Waals surface area contributed by atoms with Crippen molar-refractivity contribution in [3.8, 4) is 17.4 Å². The zero-order chi connectivity index (χ0) is 16.1. The van der Waals surface area contributed by atoms with Gasteiger partial charge in [-0.05, 0) is 13.3 Å². The maximum atomic E-state index is 5.39. The van der Waals surface area contributed by atoms with Gasteiger partial charge in [0.05, 0.1) is 25.9 Å². The lowest BCUT2D eigenvalue weighted by atomic mass is 10.2. The van der Waals surface area contributed by atoms with Crippen LogP contribution in [0.4, 0.5) is 0 Å². The lowest BCUT2D eigenvalue weighted by Crippen LogP contribution is -2.37. The van der Waals surface area contributed by atoms with Crippen LogP contribution in [0.2, 0.25) is 0 Å². The first-order valence-electron chi connectivity index (χ1n) is 7.97. The van der Waals surface area contributed by atoms with Crippen molar-refractivity contribution in [1.29, 1.82) is 0 Å². The van der Waals surface area contributed by atoms with Gasteiger partial charge in [0.2, 0.25) is 0 Å². The van der Waals surface area contributed by atoms with Crippen LogP contribution < -0.4 is 4.74 Å². The molecule has 7 nitrogen and oxygen atoms in total. The summed E-state index contributed by atoms with van der Waals surface area (Å²) in [5.41, 5.74) is 0.897. The molecule has 2 aromatic heterocycles. The predicted octanol–water partition coefficient (Wildman–Crippen LogP) is 1.63. The van der Waals surface area contributed by atoms with E-state index in [-0.39, 0.29) is 0 Å². The first-order valence-corrected chi connectivity index (χ1v) is 7.97. The zero-order valence-corrected chi connectivity index (χ0v) is 13.7. The Hall–Kier alpha value is -1.99. The van der Waals surface area contributed by atoms with Gasteiger partial charge in [-0.25, -0.2) is 15.0 Å². The molecular formula is C16H23N5O2. The summed E-state index contributed by atoms with van der Waals surface area (Å²) in [5, 5.41) is 0. The second-order valence-electron chi connectivity index (χ2n) is 5.71. The largest absolute Gasteiger partial charge is 0.467 e. The van der Waals surface area contributed by atoms with Gasteiger partial charge in [0.1, 0.15) is 5.82 Å². The minimum atomic E-state index is 0.359. The van der Waals surface area contributed by atoms with E-state index in [4.69, 9.17) is 9.47 Å². The third-order valence-electron chi connectivity index (χ3n) is 4.18. The average Bonchev–Trinajstić information content (AvgIpc) is 3.10. The standard InChI is InChI=1S/C16H23N5O2/c1-13(3-5-20-7-9-23-10-8-20)21-6-4-17-15(21)14-11-18-16(22-2)19-12-14/h4,6,11-13H,3,5,7-10H2,1-2H3. The van der Waals surface area contributed by atoms with Gasteiger partial charge in [0.25, 0.3) is 0 Å². The summed E-state index contributed by atoms with van der Waals surface area (Å²) in [7, 11) is 1.56. The summed E-state index contributed by atoms with van der Waals surface area (Å²) in [6, 6.07) is 0.727. The van der Waals surface area contributed by atoms with Crippen LogP contribution in [0.3, 0.4) is 0 Å². The van der Waals surface area contributed by atoms with E-state index in [1.165, 1.54) is 0 Å². The minimum Gasteiger partial charge on any atom is -0.467 e. The maximum absolute atomic E-state index is 5.39. The molecule has 0 amide bonds. The van der Waals surface area contributed by atoms with Gasteiger partial charge in [-0.3, -0.25) is 4.90 Å². The Morgan fingerprint density at radius 1 is 1.22 bits per heavy atom. The smallest absolute Gasteiger partial charge is 0.316 e. The molecule has 1 unspecified atom stereocenters. The summed E-state index contributed by atoms with van der Waals surface area (Å²) in [5.74, 6) is 0.891. The Morgan fingerprint density at radius 2 is 1.96 bits per heavy atom. The highest BCUT2D eigenvalue weighted by atomic mass is 16.5. The fourth-order valence-corrected chi connectivity index (χ4v) is 2.76. The Kier molecular flexibility index (Phi) is 5.19. The number of imidazole rings is 1. The van der Waals surface area contributed by atoms with E-state index in [2.05, 4.69) is 31.3 Å². The van der Waals surface area contributed by atoms with Crippen molar-refractivity contribution in [2.24, 2.45) is 0 Å². The molecule has 0 saturated carbocycles. The third-order valence-corrected chi connectivity index (χ3v) is 4.18. The van der Waals surface area contributed by atoms with Crippen LogP contribution in [-0.4, -0.2) is 64.4 Å². The van der Waals surface area contributed by atoms with Crippen molar-refractivity contribution in [2.75, 3.05) is 40.0 Å². The molecule has 1 aliphatic heterocycles. The summed E-state index contributed by atoms with van der Waals surface area (Å²) in [6.45, 7) is 7.02. The number of methoxy groups -OCH3 is 1. The number of aromatic nitrogens is 4. The van der Waals surface area contributed by atoms with Crippen LogP contribution in [-0.2, 0) is 4.74 Å². The molecule has 0 radical (unpaired) electrons. The van der Waals surface area contributed by atoms with Crippen LogP contribution >= 0.6 is 0 Å². The van der Waals surface area contributed by atoms with E-state index in [0.29, 0.717) is 12.1 Å². The molecule has 23 heavy (non-hydrogen) atoms. The molecule has 0 aromatic carbocycles. The van der Waals surface area contributed by atoms with Gasteiger partial charge in [-0.1, -0.05) is 0 Å². The van der Waals surface area contributed by atoms with Gasteiger partial charge in [-0.15, -0.1) is 0 Å². The van der Waals surface area contributed by atoms with Crippen LogP contribution in [0, 0.1) is 0 Å². The number of rotatable bonds is 6. The molecule has 1 aliphatic rings. The van der Waals surface area contributed by atoms with Gasteiger partial charge in [-0.2, -0.15) is 0 Å². The lowest BCUT2D eigenvalue weighted by molar-refractivity contribution is 0.0359. The maximum Gasteiger partial charge on any atom is 0.316 e. The van der Waals surface area contributed by atoms with Crippen LogP contribution in [0.25, 0.3) is 11.4 Å². The molecule has 3 rings (SSSR count). The van der Waals surface area contributed by atoms with Crippen molar-refractivity contribution in [3.63, 3.8) is 0 Å². The number of hydrogen-bond donors (Lipinski definition) is 0. The summed E-state index contributed by atoms with van der Waals surface area (Å²) in [6.07, 6.45) is 8.41. The third kappa shape index (κ3) is 3.86. The number of ether oxygens (including phenoxy) is 2. The molecular weight excluding hydrogens is 294 g/mol. The minimum absolute atomic E-state index is 0.359. The van der Waals surface area contributed by atoms with Crippen molar-refractivity contribution in [1.82, 2.24) is 24.4 Å². The SMILES string of the molecule is COc1ncc(-c2nccn2C(C)CCN2CCOCC2)cn1. The fraction of sp³-hybridized carbons (Fsp3) is 0.562. The van der Waals surface area contributed by atoms with Gasteiger partial charge >= 0.3 is 6.01 Å². The number of hydrogen-bond acceptors (Lipinski definition) is 6. The Bertz CT molecular complexity index is 607. The zero-order valence-electron chi connectivity index (χ0n) is 13.7. The lowest BCUT2D eigenvalue weighted by Gasteiger charge is -2.28. The first-order chi connectivity index (χ1) is 11.3. The number of nitrogens with zero attached hydrogens (tertiary/aromatic N) is 5. The van der Waals surface area contributed by atoms with E-state index in [9.17, 15) is 0 Å². The monoisotopic (exact) mass is 317 g/mol. The summed E-state index contributed by atoms with van der Waals surface area (Å²) < 4.78 is 12.6. The molecule has 7 heteroatoms. The van der Waals surface area contributed by atoms with Crippen molar-refractivity contribution >= 4 is 0 Å². The van der Waals surface area contributed by atoms with Crippen molar-refractivity contribution in [2.45, 2.75) is 19.4 Å². The van der Waals surface area contributed by atoms with Crippen molar-refractivity contribution in [3.05, 3.63) is 24.8 Å². The molecule has 0 bridgehead atoms. The molecule has 124 valence electrons. The quantitative estimate of drug-likeness (QED) is 0.807. The molecule has 2 aromatic rings. The van der Waals surface area contributed by atoms with E-state index in [1.54, 1.807) is 19.5 Å². The van der Waals surface area contributed by atoms with Crippen LogP contribution in [0.15, 0.2) is 24.8 Å². The van der Waals surface area contributed by atoms with E-state index >= 15 is 0 Å². The molecule has 1 saturated heterocycles. The summed E-state index contributed by atoms with van der Waals surface area (Å²) in [4.78, 5) is 15.2. The van der Waals surface area contributed by atoms with Crippen LogP contribution in [0.5, 0.6) is 6.01 Å². The Labute approximate surface area is 136 Å². The molecule has 0 spiro atoms. The highest BCUT2D eigenvalue weighted by Gasteiger charge is 2.15. The summed E-state index contributed by atoms with van der Waals surface area (Å²) >= 11 is 0. The average molecular weight is 317 g/mol. The highest BCUT2D eigenvalue weighted by molar-refractivity contribution is 5.52. The van der Waals surface area contributed by atoms with Gasteiger partial charge < -0.3 is 14.0 Å². The highest BCUT2D eigenvalue weighted by Crippen LogP contribution is 2.22. The molecule has 0 aliphatic carbocycles. The molecule has 0 N–H and O–H groups in total. The Balaban J connectivity index is 1.66. The van der Waals surface area contributed by atoms with E-state index < -0.39 is 0 Å². The van der Waals surface area contributed by atoms with Gasteiger partial charge in [0.15, 0.2) is 0 Å². The van der Waals surface area contributed by atoms with E-state index in [0.717, 1.165) is 50.7 Å². The second kappa shape index (κ2) is 7.52. The van der Waals surface area contributed by atoms with Crippen molar-refractivity contribution < 1.29 is 9.47 Å². The topological polar surface area (TPSA) is 65.3 Å².